The Morgan fingerprint density at radius 3 is 2.46 bits per heavy atom. The zero-order valence-electron chi connectivity index (χ0n) is 16.2. The third-order valence-electron chi connectivity index (χ3n) is 4.60. The van der Waals surface area contributed by atoms with Crippen LogP contribution in [0.2, 0.25) is 5.02 Å². The Morgan fingerprint density at radius 2 is 1.79 bits per heavy atom. The van der Waals surface area contributed by atoms with Crippen LogP contribution in [0.25, 0.3) is 11.4 Å². The molecule has 0 spiro atoms. The molecule has 144 valence electrons. The van der Waals surface area contributed by atoms with Crippen molar-refractivity contribution >= 4 is 29.1 Å². The summed E-state index contributed by atoms with van der Waals surface area (Å²) < 4.78 is 1.96. The molecule has 0 aliphatic carbocycles. The van der Waals surface area contributed by atoms with Crippen LogP contribution in [0.3, 0.4) is 0 Å². The molecule has 0 N–H and O–H groups in total. The van der Waals surface area contributed by atoms with Gasteiger partial charge in [-0.3, -0.25) is 9.36 Å². The Kier molecular flexibility index (Phi) is 6.37. The monoisotopic (exact) mass is 411 g/mol. The van der Waals surface area contributed by atoms with E-state index in [2.05, 4.69) is 29.8 Å². The zero-order chi connectivity index (χ0) is 20.3. The number of thioether (sulfide) groups is 1. The number of Topliss-reactive ketones (excluding diaryl/α,β-unsaturated/α-hetero) is 1. The highest BCUT2D eigenvalue weighted by Crippen LogP contribution is 2.26. The van der Waals surface area contributed by atoms with Gasteiger partial charge in [0.1, 0.15) is 0 Å². The number of aryl methyl sites for hydroxylation is 3. The van der Waals surface area contributed by atoms with Crippen LogP contribution in [0.5, 0.6) is 0 Å². The predicted molar refractivity (Wildman–Crippen MR) is 116 cm³/mol. The van der Waals surface area contributed by atoms with E-state index in [0.29, 0.717) is 22.5 Å². The SMILES string of the molecule is C=CCn1c(SCC(=O)c2cc(C)c(C)cc2C)nnc1-c1ccc(Cl)cc1. The molecule has 3 aromatic rings. The summed E-state index contributed by atoms with van der Waals surface area (Å²) in [5.74, 6) is 1.12. The Labute approximate surface area is 174 Å². The summed E-state index contributed by atoms with van der Waals surface area (Å²) >= 11 is 7.37. The number of allylic oxidation sites excluding steroid dienone is 1. The van der Waals surface area contributed by atoms with Gasteiger partial charge in [-0.25, -0.2) is 0 Å². The molecule has 1 heterocycles. The van der Waals surface area contributed by atoms with Crippen molar-refractivity contribution in [2.45, 2.75) is 32.5 Å². The first-order chi connectivity index (χ1) is 13.4. The van der Waals surface area contributed by atoms with Gasteiger partial charge in [0.2, 0.25) is 0 Å². The van der Waals surface area contributed by atoms with Crippen LogP contribution in [0.1, 0.15) is 27.0 Å². The van der Waals surface area contributed by atoms with Crippen molar-refractivity contribution in [1.29, 1.82) is 0 Å². The first kappa shape index (κ1) is 20.4. The summed E-state index contributed by atoms with van der Waals surface area (Å²) in [6, 6.07) is 11.5. The Hall–Kier alpha value is -2.37. The fourth-order valence-electron chi connectivity index (χ4n) is 2.97. The summed E-state index contributed by atoms with van der Waals surface area (Å²) in [5.41, 5.74) is 5.01. The van der Waals surface area contributed by atoms with Crippen LogP contribution >= 0.6 is 23.4 Å². The maximum absolute atomic E-state index is 12.8. The number of halogens is 1. The predicted octanol–water partition coefficient (Wildman–Crippen LogP) is 5.68. The Bertz CT molecular complexity index is 1030. The van der Waals surface area contributed by atoms with Crippen molar-refractivity contribution < 1.29 is 4.79 Å². The first-order valence-electron chi connectivity index (χ1n) is 8.94. The van der Waals surface area contributed by atoms with E-state index < -0.39 is 0 Å². The largest absolute Gasteiger partial charge is 0.298 e. The molecule has 0 saturated carbocycles. The van der Waals surface area contributed by atoms with Crippen molar-refractivity contribution in [2.75, 3.05) is 5.75 Å². The summed E-state index contributed by atoms with van der Waals surface area (Å²) in [7, 11) is 0. The summed E-state index contributed by atoms with van der Waals surface area (Å²) in [6.45, 7) is 10.4. The Balaban J connectivity index is 1.83. The first-order valence-corrected chi connectivity index (χ1v) is 10.3. The number of carbonyl (C=O) groups excluding carboxylic acids is 1. The maximum Gasteiger partial charge on any atom is 0.192 e. The van der Waals surface area contributed by atoms with E-state index in [1.807, 2.05) is 48.7 Å². The molecule has 0 radical (unpaired) electrons. The van der Waals surface area contributed by atoms with Crippen molar-refractivity contribution in [2.24, 2.45) is 0 Å². The minimum atomic E-state index is 0.0896. The standard InChI is InChI=1S/C22H22ClN3OS/c1-5-10-26-21(17-6-8-18(23)9-7-17)24-25-22(26)28-13-20(27)19-12-15(3)14(2)11-16(19)4/h5-9,11-12H,1,10,13H2,2-4H3. The van der Waals surface area contributed by atoms with E-state index in [-0.39, 0.29) is 5.78 Å². The van der Waals surface area contributed by atoms with Crippen molar-refractivity contribution in [3.63, 3.8) is 0 Å². The minimum Gasteiger partial charge on any atom is -0.298 e. The van der Waals surface area contributed by atoms with E-state index in [9.17, 15) is 4.79 Å². The molecule has 6 heteroatoms. The van der Waals surface area contributed by atoms with E-state index in [1.54, 1.807) is 6.08 Å². The molecule has 0 atom stereocenters. The number of ketones is 1. The summed E-state index contributed by atoms with van der Waals surface area (Å²) in [6.07, 6.45) is 1.79. The van der Waals surface area contributed by atoms with Gasteiger partial charge in [-0.05, 0) is 67.8 Å². The quantitative estimate of drug-likeness (QED) is 0.285. The molecule has 4 nitrogen and oxygen atoms in total. The van der Waals surface area contributed by atoms with Gasteiger partial charge in [-0.15, -0.1) is 16.8 Å². The highest BCUT2D eigenvalue weighted by Gasteiger charge is 2.17. The average Bonchev–Trinajstić information content (AvgIpc) is 3.06. The lowest BCUT2D eigenvalue weighted by Gasteiger charge is -2.10. The second-order valence-electron chi connectivity index (χ2n) is 6.68. The van der Waals surface area contributed by atoms with E-state index >= 15 is 0 Å². The van der Waals surface area contributed by atoms with Crippen LogP contribution in [-0.2, 0) is 6.54 Å². The van der Waals surface area contributed by atoms with Crippen LogP contribution < -0.4 is 0 Å². The van der Waals surface area contributed by atoms with Crippen molar-refractivity contribution in [3.05, 3.63) is 76.3 Å². The number of hydrogen-bond donors (Lipinski definition) is 0. The second-order valence-corrected chi connectivity index (χ2v) is 8.05. The number of rotatable bonds is 7. The van der Waals surface area contributed by atoms with E-state index in [1.165, 1.54) is 17.3 Å². The van der Waals surface area contributed by atoms with Crippen LogP contribution in [0.15, 0.2) is 54.2 Å². The second kappa shape index (κ2) is 8.76. The molecule has 0 saturated heterocycles. The molecule has 0 aliphatic heterocycles. The zero-order valence-corrected chi connectivity index (χ0v) is 17.8. The van der Waals surface area contributed by atoms with E-state index in [0.717, 1.165) is 28.1 Å². The van der Waals surface area contributed by atoms with Crippen molar-refractivity contribution in [1.82, 2.24) is 14.8 Å². The summed E-state index contributed by atoms with van der Waals surface area (Å²) in [4.78, 5) is 12.8. The highest BCUT2D eigenvalue weighted by molar-refractivity contribution is 7.99. The molecule has 0 fully saturated rings. The number of aromatic nitrogens is 3. The van der Waals surface area contributed by atoms with Gasteiger partial charge >= 0.3 is 0 Å². The molecule has 28 heavy (non-hydrogen) atoms. The number of carbonyl (C=O) groups is 1. The Morgan fingerprint density at radius 1 is 1.11 bits per heavy atom. The number of benzene rings is 2. The third-order valence-corrected chi connectivity index (χ3v) is 5.82. The van der Waals surface area contributed by atoms with Crippen molar-refractivity contribution in [3.8, 4) is 11.4 Å². The van der Waals surface area contributed by atoms with Gasteiger partial charge in [0.05, 0.1) is 5.75 Å². The number of hydrogen-bond acceptors (Lipinski definition) is 4. The topological polar surface area (TPSA) is 47.8 Å². The molecular formula is C22H22ClN3OS. The third kappa shape index (κ3) is 4.37. The maximum atomic E-state index is 12.8. The molecule has 0 amide bonds. The number of nitrogens with zero attached hydrogens (tertiary/aromatic N) is 3. The summed E-state index contributed by atoms with van der Waals surface area (Å²) in [5, 5.41) is 9.98. The molecular weight excluding hydrogens is 390 g/mol. The lowest BCUT2D eigenvalue weighted by molar-refractivity contribution is 0.102. The molecule has 1 aromatic heterocycles. The van der Waals surface area contributed by atoms with Gasteiger partial charge in [0.15, 0.2) is 16.8 Å². The van der Waals surface area contributed by atoms with E-state index in [4.69, 9.17) is 11.6 Å². The smallest absolute Gasteiger partial charge is 0.192 e. The highest BCUT2D eigenvalue weighted by atomic mass is 35.5. The molecule has 0 unspecified atom stereocenters. The fraction of sp³-hybridized carbons (Fsp3) is 0.227. The molecule has 2 aromatic carbocycles. The minimum absolute atomic E-state index is 0.0896. The normalized spacial score (nSPS) is 10.9. The molecule has 0 bridgehead atoms. The van der Waals surface area contributed by atoms with Gasteiger partial charge in [0, 0.05) is 22.7 Å². The van der Waals surface area contributed by atoms with Gasteiger partial charge in [-0.2, -0.15) is 0 Å². The van der Waals surface area contributed by atoms with Crippen LogP contribution in [0.4, 0.5) is 0 Å². The van der Waals surface area contributed by atoms with Gasteiger partial charge in [-0.1, -0.05) is 35.5 Å². The van der Waals surface area contributed by atoms with Gasteiger partial charge in [0.25, 0.3) is 0 Å². The fourth-order valence-corrected chi connectivity index (χ4v) is 3.93. The molecule has 0 aliphatic rings. The van der Waals surface area contributed by atoms with Crippen LogP contribution in [0, 0.1) is 20.8 Å². The molecule has 3 rings (SSSR count). The lowest BCUT2D eigenvalue weighted by atomic mass is 9.99. The average molecular weight is 412 g/mol. The van der Waals surface area contributed by atoms with Gasteiger partial charge < -0.3 is 0 Å². The van der Waals surface area contributed by atoms with Crippen LogP contribution in [-0.4, -0.2) is 26.3 Å². The lowest BCUT2D eigenvalue weighted by Crippen LogP contribution is -2.08.